The summed E-state index contributed by atoms with van der Waals surface area (Å²) in [6.07, 6.45) is 0. The zero-order chi connectivity index (χ0) is 15.8. The van der Waals surface area contributed by atoms with Gasteiger partial charge >= 0.3 is 0 Å². The zero-order valence-electron chi connectivity index (χ0n) is 11.4. The molecular formula is C14H14BrClN2O2S. The van der Waals surface area contributed by atoms with E-state index in [9.17, 15) is 8.42 Å². The van der Waals surface area contributed by atoms with E-state index in [-0.39, 0.29) is 4.90 Å². The lowest BCUT2D eigenvalue weighted by molar-refractivity contribution is 0.600. The molecule has 21 heavy (non-hydrogen) atoms. The molecule has 4 nitrogen and oxygen atoms in total. The Morgan fingerprint density at radius 2 is 1.71 bits per heavy atom. The zero-order valence-corrected chi connectivity index (χ0v) is 14.6. The van der Waals surface area contributed by atoms with E-state index >= 15 is 0 Å². The lowest BCUT2D eigenvalue weighted by Gasteiger charge is -2.14. The van der Waals surface area contributed by atoms with E-state index < -0.39 is 10.0 Å². The summed E-state index contributed by atoms with van der Waals surface area (Å²) in [6, 6.07) is 8.11. The number of nitrogens with two attached hydrogens (primary N) is 1. The molecule has 0 saturated carbocycles. The second-order valence-electron chi connectivity index (χ2n) is 4.72. The number of aryl methyl sites for hydroxylation is 2. The van der Waals surface area contributed by atoms with Crippen LogP contribution in [0.5, 0.6) is 0 Å². The van der Waals surface area contributed by atoms with Gasteiger partial charge in [0.15, 0.2) is 0 Å². The van der Waals surface area contributed by atoms with E-state index in [0.29, 0.717) is 32.0 Å². The Balaban J connectivity index is 2.46. The van der Waals surface area contributed by atoms with Gasteiger partial charge in [-0.05, 0) is 71.2 Å². The van der Waals surface area contributed by atoms with Crippen LogP contribution < -0.4 is 10.5 Å². The molecule has 0 aliphatic carbocycles. The van der Waals surface area contributed by atoms with Crippen LogP contribution >= 0.6 is 27.5 Å². The lowest BCUT2D eigenvalue weighted by atomic mass is 10.1. The van der Waals surface area contributed by atoms with Crippen LogP contribution in [-0.2, 0) is 10.0 Å². The summed E-state index contributed by atoms with van der Waals surface area (Å²) in [7, 11) is -3.69. The highest BCUT2D eigenvalue weighted by Crippen LogP contribution is 2.29. The Labute approximate surface area is 137 Å². The van der Waals surface area contributed by atoms with Crippen molar-refractivity contribution in [2.75, 3.05) is 10.5 Å². The highest BCUT2D eigenvalue weighted by atomic mass is 79.9. The first-order chi connectivity index (χ1) is 9.70. The molecule has 7 heteroatoms. The molecule has 0 aliphatic heterocycles. The number of nitrogen functional groups attached to an aromatic ring is 1. The molecule has 0 amide bonds. The summed E-state index contributed by atoms with van der Waals surface area (Å²) < 4.78 is 28.3. The summed E-state index contributed by atoms with van der Waals surface area (Å²) in [5, 5.41) is 0.512. The van der Waals surface area contributed by atoms with E-state index in [1.165, 1.54) is 0 Å². The van der Waals surface area contributed by atoms with Crippen LogP contribution in [0.25, 0.3) is 0 Å². The van der Waals surface area contributed by atoms with E-state index in [0.717, 1.165) is 0 Å². The van der Waals surface area contributed by atoms with Gasteiger partial charge in [-0.1, -0.05) is 11.6 Å². The molecular weight excluding hydrogens is 376 g/mol. The summed E-state index contributed by atoms with van der Waals surface area (Å²) in [4.78, 5) is 0.239. The fraction of sp³-hybridized carbons (Fsp3) is 0.143. The Kier molecular flexibility index (Phi) is 4.51. The molecule has 0 aliphatic rings. The third-order valence-electron chi connectivity index (χ3n) is 2.92. The third kappa shape index (κ3) is 3.51. The van der Waals surface area contributed by atoms with Crippen LogP contribution in [0.1, 0.15) is 11.1 Å². The number of sulfonamides is 1. The molecule has 2 aromatic rings. The van der Waals surface area contributed by atoms with Gasteiger partial charge in [-0.15, -0.1) is 0 Å². The first-order valence-corrected chi connectivity index (χ1v) is 8.71. The van der Waals surface area contributed by atoms with E-state index in [1.807, 2.05) is 0 Å². The van der Waals surface area contributed by atoms with Crippen LogP contribution in [0.3, 0.4) is 0 Å². The van der Waals surface area contributed by atoms with Gasteiger partial charge in [0, 0.05) is 10.2 Å². The minimum absolute atomic E-state index is 0.239. The maximum Gasteiger partial charge on any atom is 0.262 e. The van der Waals surface area contributed by atoms with Crippen LogP contribution in [0.4, 0.5) is 11.4 Å². The third-order valence-corrected chi connectivity index (χ3v) is 5.82. The van der Waals surface area contributed by atoms with E-state index in [1.54, 1.807) is 44.2 Å². The minimum Gasteiger partial charge on any atom is -0.399 e. The van der Waals surface area contributed by atoms with Crippen LogP contribution in [0.15, 0.2) is 39.7 Å². The van der Waals surface area contributed by atoms with Gasteiger partial charge in [0.25, 0.3) is 10.0 Å². The monoisotopic (exact) mass is 388 g/mol. The normalized spacial score (nSPS) is 11.4. The van der Waals surface area contributed by atoms with Crippen molar-refractivity contribution in [1.29, 1.82) is 0 Å². The molecule has 0 bridgehead atoms. The topological polar surface area (TPSA) is 72.2 Å². The molecule has 0 heterocycles. The number of rotatable bonds is 3. The van der Waals surface area contributed by atoms with Crippen molar-refractivity contribution in [3.05, 3.63) is 51.0 Å². The number of benzene rings is 2. The number of hydrogen-bond donors (Lipinski definition) is 2. The van der Waals surface area contributed by atoms with Crippen molar-refractivity contribution in [3.63, 3.8) is 0 Å². The predicted octanol–water partition coefficient (Wildman–Crippen LogP) is 4.10. The fourth-order valence-corrected chi connectivity index (χ4v) is 4.17. The van der Waals surface area contributed by atoms with Crippen molar-refractivity contribution >= 4 is 48.9 Å². The molecule has 3 N–H and O–H groups in total. The lowest BCUT2D eigenvalue weighted by Crippen LogP contribution is -2.16. The number of anilines is 2. The molecule has 0 unspecified atom stereocenters. The van der Waals surface area contributed by atoms with E-state index in [4.69, 9.17) is 17.3 Å². The SMILES string of the molecule is Cc1cc(N)cc(C)c1S(=O)(=O)Nc1ccc(Cl)c(Br)c1. The number of hydrogen-bond acceptors (Lipinski definition) is 3. The minimum atomic E-state index is -3.69. The first kappa shape index (κ1) is 16.1. The molecule has 0 saturated heterocycles. The van der Waals surface area contributed by atoms with Crippen molar-refractivity contribution in [2.45, 2.75) is 18.7 Å². The van der Waals surface area contributed by atoms with Crippen LogP contribution in [0, 0.1) is 13.8 Å². The predicted molar refractivity (Wildman–Crippen MR) is 90.3 cm³/mol. The average Bonchev–Trinajstić information content (AvgIpc) is 2.31. The van der Waals surface area contributed by atoms with E-state index in [2.05, 4.69) is 20.7 Å². The molecule has 2 rings (SSSR count). The van der Waals surface area contributed by atoms with Crippen molar-refractivity contribution < 1.29 is 8.42 Å². The summed E-state index contributed by atoms with van der Waals surface area (Å²) in [5.74, 6) is 0. The summed E-state index contributed by atoms with van der Waals surface area (Å²) in [6.45, 7) is 3.44. The molecule has 0 atom stereocenters. The van der Waals surface area contributed by atoms with Crippen LogP contribution in [0.2, 0.25) is 5.02 Å². The van der Waals surface area contributed by atoms with Gasteiger partial charge in [-0.3, -0.25) is 4.72 Å². The highest BCUT2D eigenvalue weighted by Gasteiger charge is 2.20. The van der Waals surface area contributed by atoms with Gasteiger partial charge in [0.2, 0.25) is 0 Å². The summed E-state index contributed by atoms with van der Waals surface area (Å²) >= 11 is 9.16. The Bertz CT molecular complexity index is 784. The molecule has 2 aromatic carbocycles. The first-order valence-electron chi connectivity index (χ1n) is 6.05. The Morgan fingerprint density at radius 3 is 2.24 bits per heavy atom. The van der Waals surface area contributed by atoms with Gasteiger partial charge in [0.05, 0.1) is 15.6 Å². The second-order valence-corrected chi connectivity index (χ2v) is 7.60. The van der Waals surface area contributed by atoms with Crippen molar-refractivity contribution in [1.82, 2.24) is 0 Å². The van der Waals surface area contributed by atoms with Crippen molar-refractivity contribution in [2.24, 2.45) is 0 Å². The molecule has 112 valence electrons. The standard InChI is InChI=1S/C14H14BrClN2O2S/c1-8-5-10(17)6-9(2)14(8)21(19,20)18-11-3-4-13(16)12(15)7-11/h3-7,18H,17H2,1-2H3. The quantitative estimate of drug-likeness (QED) is 0.776. The fourth-order valence-electron chi connectivity index (χ4n) is 2.17. The second kappa shape index (κ2) is 5.87. The Morgan fingerprint density at radius 1 is 1.14 bits per heavy atom. The largest absolute Gasteiger partial charge is 0.399 e. The van der Waals surface area contributed by atoms with Crippen molar-refractivity contribution in [3.8, 4) is 0 Å². The molecule has 0 radical (unpaired) electrons. The molecule has 0 spiro atoms. The van der Waals surface area contributed by atoms with Gasteiger partial charge in [-0.2, -0.15) is 0 Å². The molecule has 0 aromatic heterocycles. The number of nitrogens with one attached hydrogen (secondary N) is 1. The number of halogens is 2. The molecule has 0 fully saturated rings. The highest BCUT2D eigenvalue weighted by molar-refractivity contribution is 9.10. The van der Waals surface area contributed by atoms with Crippen LogP contribution in [-0.4, -0.2) is 8.42 Å². The maximum atomic E-state index is 12.6. The maximum absolute atomic E-state index is 12.6. The van der Waals surface area contributed by atoms with Gasteiger partial charge < -0.3 is 5.73 Å². The van der Waals surface area contributed by atoms with Gasteiger partial charge in [-0.25, -0.2) is 8.42 Å². The summed E-state index contributed by atoms with van der Waals surface area (Å²) in [5.41, 5.74) is 7.91. The van der Waals surface area contributed by atoms with Gasteiger partial charge in [0.1, 0.15) is 0 Å². The smallest absolute Gasteiger partial charge is 0.262 e. The Hall–Kier alpha value is -1.24. The average molecular weight is 390 g/mol.